The number of aromatic amines is 1. The van der Waals surface area contributed by atoms with Gasteiger partial charge in [-0.2, -0.15) is 8.78 Å². The summed E-state index contributed by atoms with van der Waals surface area (Å²) < 4.78 is 62.5. The topological polar surface area (TPSA) is 144 Å². The molecule has 1 aliphatic rings. The Balaban J connectivity index is 1.66. The Morgan fingerprint density at radius 2 is 1.97 bits per heavy atom. The third kappa shape index (κ3) is 6.37. The van der Waals surface area contributed by atoms with Crippen LogP contribution >= 0.6 is 22.6 Å². The number of carbonyl (C=O) groups is 1. The molecule has 4 rings (SSSR count). The van der Waals surface area contributed by atoms with Gasteiger partial charge in [-0.1, -0.05) is 12.1 Å². The Labute approximate surface area is 228 Å². The molecule has 4 N–H and O–H groups in total. The average molecular weight is 665 g/mol. The first-order chi connectivity index (χ1) is 17.9. The van der Waals surface area contributed by atoms with Crippen LogP contribution in [0, 0.1) is 5.82 Å². The molecule has 1 amide bonds. The lowest BCUT2D eigenvalue weighted by Gasteiger charge is -2.18. The number of H-pyrrole nitrogens is 1. The van der Waals surface area contributed by atoms with Gasteiger partial charge in [0.15, 0.2) is 5.75 Å². The Hall–Kier alpha value is -2.92. The number of alkyl halides is 3. The van der Waals surface area contributed by atoms with Crippen molar-refractivity contribution in [2.45, 2.75) is 16.8 Å². The molecule has 1 saturated heterocycles. The number of hydrogen-bond donors (Lipinski definition) is 4. The van der Waals surface area contributed by atoms with Crippen molar-refractivity contribution in [2.24, 2.45) is 0 Å². The van der Waals surface area contributed by atoms with E-state index in [0.717, 1.165) is 22.6 Å². The number of aromatic nitrogens is 2. The Bertz CT molecular complexity index is 1530. The van der Waals surface area contributed by atoms with Gasteiger partial charge in [-0.3, -0.25) is 14.6 Å². The number of sulfonamides is 1. The van der Waals surface area contributed by atoms with Gasteiger partial charge >= 0.3 is 3.93 Å². The van der Waals surface area contributed by atoms with Crippen LogP contribution in [-0.4, -0.2) is 69.6 Å². The molecule has 3 heterocycles. The molecule has 0 saturated carbocycles. The van der Waals surface area contributed by atoms with Crippen molar-refractivity contribution in [3.05, 3.63) is 63.3 Å². The van der Waals surface area contributed by atoms with E-state index in [-0.39, 0.29) is 42.0 Å². The number of carbonyl (C=O) groups excluding carboxylic acids is 1. The molecule has 15 heteroatoms. The summed E-state index contributed by atoms with van der Waals surface area (Å²) in [6, 6.07) is 5.51. The van der Waals surface area contributed by atoms with Crippen LogP contribution in [0.15, 0.2) is 35.3 Å². The lowest BCUT2D eigenvalue weighted by molar-refractivity contribution is 0.0947. The maximum Gasteiger partial charge on any atom is 0.313 e. The summed E-state index contributed by atoms with van der Waals surface area (Å²) in [5.41, 5.74) is -0.860. The van der Waals surface area contributed by atoms with Crippen molar-refractivity contribution in [3.8, 4) is 5.75 Å². The number of nitrogens with one attached hydrogen (secondary N) is 3. The highest BCUT2D eigenvalue weighted by Gasteiger charge is 2.29. The van der Waals surface area contributed by atoms with E-state index in [1.165, 1.54) is 34.8 Å². The minimum absolute atomic E-state index is 0.00387. The van der Waals surface area contributed by atoms with Gasteiger partial charge in [0.2, 0.25) is 10.0 Å². The van der Waals surface area contributed by atoms with Gasteiger partial charge < -0.3 is 20.7 Å². The SMILES string of the molecule is O=C(NCCN1CCCS1(=O)=O)c1c(O)c2ncc(Cc3ccc(F)cc3)c(NCC(F)(F)I)c2[nH]c1=O. The van der Waals surface area contributed by atoms with E-state index in [1.54, 1.807) is 0 Å². The van der Waals surface area contributed by atoms with Gasteiger partial charge in [-0.05, 0) is 24.1 Å². The maximum absolute atomic E-state index is 13.7. The van der Waals surface area contributed by atoms with Crippen LogP contribution in [0.5, 0.6) is 5.75 Å². The zero-order valence-corrected chi connectivity index (χ0v) is 22.7. The number of fused-ring (bicyclic) bond motifs is 1. The fourth-order valence-corrected chi connectivity index (χ4v) is 5.86. The van der Waals surface area contributed by atoms with E-state index in [9.17, 15) is 36.3 Å². The molecule has 0 spiro atoms. The van der Waals surface area contributed by atoms with Gasteiger partial charge in [-0.15, -0.1) is 0 Å². The zero-order chi connectivity index (χ0) is 27.7. The number of aromatic hydroxyl groups is 1. The minimum Gasteiger partial charge on any atom is -0.505 e. The van der Waals surface area contributed by atoms with Gasteiger partial charge in [0.1, 0.15) is 16.9 Å². The molecular formula is C23H23F3IN5O5S. The zero-order valence-electron chi connectivity index (χ0n) is 19.7. The molecule has 0 bridgehead atoms. The fourth-order valence-electron chi connectivity index (χ4n) is 4.14. The lowest BCUT2D eigenvalue weighted by Crippen LogP contribution is -2.37. The van der Waals surface area contributed by atoms with Crippen molar-refractivity contribution in [3.63, 3.8) is 0 Å². The molecule has 3 aromatic rings. The van der Waals surface area contributed by atoms with Crippen LogP contribution in [0.25, 0.3) is 11.0 Å². The summed E-state index contributed by atoms with van der Waals surface area (Å²) in [7, 11) is -3.37. The number of amides is 1. The van der Waals surface area contributed by atoms with Crippen LogP contribution < -0.4 is 16.2 Å². The number of pyridine rings is 2. The minimum atomic E-state index is -3.37. The third-order valence-electron chi connectivity index (χ3n) is 5.93. The quantitative estimate of drug-likeness (QED) is 0.203. The predicted molar refractivity (Wildman–Crippen MR) is 143 cm³/mol. The molecule has 1 aliphatic heterocycles. The van der Waals surface area contributed by atoms with Crippen LogP contribution in [0.3, 0.4) is 0 Å². The average Bonchev–Trinajstić information content (AvgIpc) is 3.17. The number of hydrogen-bond acceptors (Lipinski definition) is 7. The molecule has 10 nitrogen and oxygen atoms in total. The number of rotatable bonds is 9. The highest BCUT2D eigenvalue weighted by atomic mass is 127. The summed E-state index contributed by atoms with van der Waals surface area (Å²) in [5, 5.41) is 15.8. The first-order valence-electron chi connectivity index (χ1n) is 11.4. The van der Waals surface area contributed by atoms with Crippen molar-refractivity contribution in [1.29, 1.82) is 0 Å². The normalized spacial score (nSPS) is 15.6. The van der Waals surface area contributed by atoms with Gasteiger partial charge in [-0.25, -0.2) is 17.1 Å². The molecule has 204 valence electrons. The van der Waals surface area contributed by atoms with Crippen LogP contribution in [0.2, 0.25) is 0 Å². The maximum atomic E-state index is 13.7. The van der Waals surface area contributed by atoms with Crippen molar-refractivity contribution in [2.75, 3.05) is 37.2 Å². The van der Waals surface area contributed by atoms with Crippen molar-refractivity contribution in [1.82, 2.24) is 19.6 Å². The number of anilines is 1. The van der Waals surface area contributed by atoms with E-state index < -0.39 is 49.1 Å². The van der Waals surface area contributed by atoms with Gasteiger partial charge in [0.05, 0.1) is 23.5 Å². The standard InChI is InChI=1S/C23H23F3IN5O5S/c24-15-4-2-13(3-5-15)10-14-11-29-19-18(17(14)30-12-23(25,26)27)31-22(35)16(20(19)33)21(34)28-6-8-32-7-1-9-38(32,36)37/h2-5,11H,1,6-10,12H2,(H,28,34)(H,29,30)(H2,31,33,35). The largest absolute Gasteiger partial charge is 0.505 e. The number of benzene rings is 1. The fraction of sp³-hybridized carbons (Fsp3) is 0.348. The van der Waals surface area contributed by atoms with Crippen molar-refractivity contribution >= 4 is 55.2 Å². The van der Waals surface area contributed by atoms with E-state index in [1.807, 2.05) is 0 Å². The summed E-state index contributed by atoms with van der Waals surface area (Å²) in [5.74, 6) is -2.13. The summed E-state index contributed by atoms with van der Waals surface area (Å²) in [4.78, 5) is 32.2. The highest BCUT2D eigenvalue weighted by molar-refractivity contribution is 14.1. The van der Waals surface area contributed by atoms with E-state index >= 15 is 0 Å². The smallest absolute Gasteiger partial charge is 0.313 e. The van der Waals surface area contributed by atoms with E-state index in [2.05, 4.69) is 20.6 Å². The monoisotopic (exact) mass is 665 g/mol. The molecule has 0 unspecified atom stereocenters. The Morgan fingerprint density at radius 1 is 1.26 bits per heavy atom. The lowest BCUT2D eigenvalue weighted by atomic mass is 10.0. The Kier molecular flexibility index (Phi) is 8.17. The first kappa shape index (κ1) is 28.1. The van der Waals surface area contributed by atoms with E-state index in [4.69, 9.17) is 0 Å². The number of halogens is 4. The summed E-state index contributed by atoms with van der Waals surface area (Å²) in [6.07, 6.45) is 1.93. The molecule has 0 aliphatic carbocycles. The highest BCUT2D eigenvalue weighted by Crippen LogP contribution is 2.33. The molecule has 1 fully saturated rings. The van der Waals surface area contributed by atoms with Crippen molar-refractivity contribution < 1.29 is 31.5 Å². The molecule has 0 radical (unpaired) electrons. The van der Waals surface area contributed by atoms with Gasteiger partial charge in [0.25, 0.3) is 11.5 Å². The second-order valence-electron chi connectivity index (χ2n) is 8.66. The van der Waals surface area contributed by atoms with Crippen LogP contribution in [-0.2, 0) is 16.4 Å². The summed E-state index contributed by atoms with van der Waals surface area (Å²) >= 11 is 0.954. The van der Waals surface area contributed by atoms with Crippen LogP contribution in [0.1, 0.15) is 27.9 Å². The van der Waals surface area contributed by atoms with Crippen LogP contribution in [0.4, 0.5) is 18.9 Å². The van der Waals surface area contributed by atoms with Gasteiger partial charge in [0, 0.05) is 60.4 Å². The first-order valence-corrected chi connectivity index (χ1v) is 14.1. The second-order valence-corrected chi connectivity index (χ2v) is 12.3. The summed E-state index contributed by atoms with van der Waals surface area (Å²) in [6.45, 7) is -0.579. The third-order valence-corrected chi connectivity index (χ3v) is 8.27. The van der Waals surface area contributed by atoms with E-state index in [0.29, 0.717) is 24.1 Å². The molecule has 0 atom stereocenters. The molecular weight excluding hydrogens is 642 g/mol. The Morgan fingerprint density at radius 3 is 2.61 bits per heavy atom. The molecule has 2 aromatic heterocycles. The number of nitrogens with zero attached hydrogens (tertiary/aromatic N) is 2. The molecule has 38 heavy (non-hydrogen) atoms. The predicted octanol–water partition coefficient (Wildman–Crippen LogP) is 2.56. The molecule has 1 aromatic carbocycles. The second kappa shape index (κ2) is 11.1.